The van der Waals surface area contributed by atoms with Gasteiger partial charge in [0.05, 0.1) is 0 Å². The molecule has 7 nitrogen and oxygen atoms in total. The van der Waals surface area contributed by atoms with Gasteiger partial charge in [0, 0.05) is 5.92 Å². The minimum Gasteiger partial charge on any atom is -0.479 e. The molecule has 0 aromatic heterocycles. The molecule has 2 amide bonds. The summed E-state index contributed by atoms with van der Waals surface area (Å²) in [5, 5.41) is 14.8. The molecule has 0 saturated carbocycles. The highest BCUT2D eigenvalue weighted by atomic mass is 16.5. The second kappa shape index (κ2) is 9.39. The Bertz CT molecular complexity index is 1180. The summed E-state index contributed by atoms with van der Waals surface area (Å²) in [7, 11) is 0. The number of nitrogens with one attached hydrogen (secondary N) is 2. The van der Waals surface area contributed by atoms with Gasteiger partial charge in [-0.1, -0.05) is 78.9 Å². The average molecular weight is 459 g/mol. The predicted octanol–water partition coefficient (Wildman–Crippen LogP) is 4.03. The zero-order valence-corrected chi connectivity index (χ0v) is 18.9. The van der Waals surface area contributed by atoms with E-state index in [0.717, 1.165) is 22.3 Å². The van der Waals surface area contributed by atoms with Gasteiger partial charge in [0.2, 0.25) is 5.91 Å². The van der Waals surface area contributed by atoms with Crippen LogP contribution in [0.4, 0.5) is 4.79 Å². The molecule has 0 heterocycles. The van der Waals surface area contributed by atoms with Gasteiger partial charge in [0.1, 0.15) is 12.6 Å². The van der Waals surface area contributed by atoms with Gasteiger partial charge < -0.3 is 20.5 Å². The first-order valence-electron chi connectivity index (χ1n) is 11.0. The first-order valence-corrected chi connectivity index (χ1v) is 11.0. The molecule has 1 aliphatic carbocycles. The van der Waals surface area contributed by atoms with Crippen molar-refractivity contribution in [3.63, 3.8) is 0 Å². The minimum atomic E-state index is -1.64. The van der Waals surface area contributed by atoms with Crippen LogP contribution in [0.1, 0.15) is 36.5 Å². The van der Waals surface area contributed by atoms with Gasteiger partial charge in [-0.3, -0.25) is 4.79 Å². The molecule has 0 bridgehead atoms. The Labute approximate surface area is 197 Å². The highest BCUT2D eigenvalue weighted by Gasteiger charge is 2.38. The lowest BCUT2D eigenvalue weighted by Crippen LogP contribution is -2.55. The smallest absolute Gasteiger partial charge is 0.407 e. The molecule has 3 N–H and O–H groups in total. The predicted molar refractivity (Wildman–Crippen MR) is 127 cm³/mol. The van der Waals surface area contributed by atoms with E-state index in [0.29, 0.717) is 5.56 Å². The third-order valence-corrected chi connectivity index (χ3v) is 6.22. The summed E-state index contributed by atoms with van der Waals surface area (Å²) in [6.07, 6.45) is -0.749. The number of aliphatic carboxylic acids is 1. The number of hydrogen-bond acceptors (Lipinski definition) is 4. The van der Waals surface area contributed by atoms with Gasteiger partial charge in [-0.25, -0.2) is 9.59 Å². The number of carbonyl (C=O) groups is 3. The van der Waals surface area contributed by atoms with Crippen molar-refractivity contribution in [1.82, 2.24) is 10.6 Å². The number of carboxylic acids is 1. The van der Waals surface area contributed by atoms with Crippen molar-refractivity contribution in [2.24, 2.45) is 0 Å². The summed E-state index contributed by atoms with van der Waals surface area (Å²) in [4.78, 5) is 37.1. The van der Waals surface area contributed by atoms with E-state index in [1.165, 1.54) is 13.8 Å². The van der Waals surface area contributed by atoms with Crippen LogP contribution in [-0.2, 0) is 19.9 Å². The molecule has 1 unspecified atom stereocenters. The van der Waals surface area contributed by atoms with Crippen LogP contribution in [-0.4, -0.2) is 35.7 Å². The fourth-order valence-electron chi connectivity index (χ4n) is 4.26. The average Bonchev–Trinajstić information content (AvgIpc) is 3.16. The van der Waals surface area contributed by atoms with Crippen molar-refractivity contribution in [3.8, 4) is 11.1 Å². The van der Waals surface area contributed by atoms with Gasteiger partial charge in [-0.2, -0.15) is 0 Å². The molecule has 3 aromatic rings. The zero-order valence-electron chi connectivity index (χ0n) is 18.9. The van der Waals surface area contributed by atoms with Crippen LogP contribution in [0.5, 0.6) is 0 Å². The number of benzene rings is 3. The van der Waals surface area contributed by atoms with E-state index in [4.69, 9.17) is 4.74 Å². The van der Waals surface area contributed by atoms with E-state index in [-0.39, 0.29) is 12.5 Å². The second-order valence-corrected chi connectivity index (χ2v) is 8.48. The van der Waals surface area contributed by atoms with Crippen molar-refractivity contribution < 1.29 is 24.2 Å². The fourth-order valence-corrected chi connectivity index (χ4v) is 4.26. The van der Waals surface area contributed by atoms with Crippen molar-refractivity contribution in [2.45, 2.75) is 31.3 Å². The number of fused-ring (bicyclic) bond motifs is 3. The van der Waals surface area contributed by atoms with Crippen LogP contribution in [0.3, 0.4) is 0 Å². The summed E-state index contributed by atoms with van der Waals surface area (Å²) in [6.45, 7) is 3.00. The Kier molecular flexibility index (Phi) is 6.36. The molecule has 2 atom stereocenters. The molecule has 1 aliphatic rings. The Balaban J connectivity index is 1.39. The molecular weight excluding hydrogens is 432 g/mol. The first-order chi connectivity index (χ1) is 16.3. The van der Waals surface area contributed by atoms with Gasteiger partial charge >= 0.3 is 12.1 Å². The monoisotopic (exact) mass is 458 g/mol. The Hall–Kier alpha value is -4.13. The minimum absolute atomic E-state index is 0.101. The van der Waals surface area contributed by atoms with Crippen LogP contribution in [0.25, 0.3) is 11.1 Å². The van der Waals surface area contributed by atoms with E-state index in [1.54, 1.807) is 30.3 Å². The van der Waals surface area contributed by atoms with E-state index >= 15 is 0 Å². The quantitative estimate of drug-likeness (QED) is 0.496. The molecule has 0 aliphatic heterocycles. The Morgan fingerprint density at radius 1 is 0.912 bits per heavy atom. The Morgan fingerprint density at radius 2 is 1.44 bits per heavy atom. The summed E-state index contributed by atoms with van der Waals surface area (Å²) in [5.74, 6) is -1.95. The maximum Gasteiger partial charge on any atom is 0.407 e. The molecule has 7 heteroatoms. The molecular formula is C27H26N2O5. The third kappa shape index (κ3) is 4.37. The number of ether oxygens (including phenoxy) is 1. The second-order valence-electron chi connectivity index (χ2n) is 8.48. The van der Waals surface area contributed by atoms with Crippen LogP contribution >= 0.6 is 0 Å². The molecule has 3 aromatic carbocycles. The SMILES string of the molecule is C[C@@H](NC(=O)OCC1c2ccccc2-c2ccccc21)C(=O)NC(C)(C(=O)O)c1ccccc1. The van der Waals surface area contributed by atoms with E-state index in [9.17, 15) is 19.5 Å². The molecule has 0 spiro atoms. The summed E-state index contributed by atoms with van der Waals surface area (Å²) in [5.41, 5.74) is 3.19. The number of amides is 2. The van der Waals surface area contributed by atoms with Crippen molar-refractivity contribution in [2.75, 3.05) is 6.61 Å². The summed E-state index contributed by atoms with van der Waals surface area (Å²) < 4.78 is 5.48. The highest BCUT2D eigenvalue weighted by molar-refractivity contribution is 5.91. The lowest BCUT2D eigenvalue weighted by molar-refractivity contribution is -0.147. The number of carbonyl (C=O) groups excluding carboxylic acids is 2. The molecule has 174 valence electrons. The van der Waals surface area contributed by atoms with E-state index in [1.807, 2.05) is 48.5 Å². The molecule has 34 heavy (non-hydrogen) atoms. The largest absolute Gasteiger partial charge is 0.479 e. The summed E-state index contributed by atoms with van der Waals surface area (Å²) >= 11 is 0. The lowest BCUT2D eigenvalue weighted by Gasteiger charge is -2.28. The van der Waals surface area contributed by atoms with Crippen molar-refractivity contribution >= 4 is 18.0 Å². The third-order valence-electron chi connectivity index (χ3n) is 6.22. The topological polar surface area (TPSA) is 105 Å². The summed E-state index contributed by atoms with van der Waals surface area (Å²) in [6, 6.07) is 23.4. The van der Waals surface area contributed by atoms with Gasteiger partial charge in [-0.15, -0.1) is 0 Å². The van der Waals surface area contributed by atoms with Crippen molar-refractivity contribution in [1.29, 1.82) is 0 Å². The van der Waals surface area contributed by atoms with Crippen LogP contribution in [0.15, 0.2) is 78.9 Å². The van der Waals surface area contributed by atoms with Gasteiger partial charge in [0.15, 0.2) is 5.54 Å². The number of carboxylic acid groups (broad SMARTS) is 1. The maximum atomic E-state index is 12.7. The molecule has 0 radical (unpaired) electrons. The fraction of sp³-hybridized carbons (Fsp3) is 0.222. The standard InChI is InChI=1S/C27H26N2O5/c1-17(24(30)29-27(2,25(31)32)18-10-4-3-5-11-18)28-26(33)34-16-23-21-14-8-6-12-19(21)20-13-7-9-15-22(20)23/h3-15,17,23H,16H2,1-2H3,(H,28,33)(H,29,30)(H,31,32)/t17-,27?/m1/s1. The highest BCUT2D eigenvalue weighted by Crippen LogP contribution is 2.44. The molecule has 0 fully saturated rings. The van der Waals surface area contributed by atoms with Crippen molar-refractivity contribution in [3.05, 3.63) is 95.6 Å². The molecule has 0 saturated heterocycles. The van der Waals surface area contributed by atoms with E-state index in [2.05, 4.69) is 10.6 Å². The van der Waals surface area contributed by atoms with Gasteiger partial charge in [0.25, 0.3) is 0 Å². The Morgan fingerprint density at radius 3 is 2.00 bits per heavy atom. The normalized spacial score (nSPS) is 14.8. The number of alkyl carbamates (subject to hydrolysis) is 1. The van der Waals surface area contributed by atoms with Crippen LogP contribution in [0.2, 0.25) is 0 Å². The van der Waals surface area contributed by atoms with E-state index < -0.39 is 29.6 Å². The van der Waals surface area contributed by atoms with Crippen LogP contribution in [0, 0.1) is 0 Å². The molecule has 4 rings (SSSR count). The lowest BCUT2D eigenvalue weighted by atomic mass is 9.91. The maximum absolute atomic E-state index is 12.7. The van der Waals surface area contributed by atoms with Crippen LogP contribution < -0.4 is 10.6 Å². The number of hydrogen-bond donors (Lipinski definition) is 3. The zero-order chi connectivity index (χ0) is 24.3. The first kappa shape index (κ1) is 23.0. The van der Waals surface area contributed by atoms with Gasteiger partial charge in [-0.05, 0) is 41.7 Å². The number of rotatable bonds is 7.